The Hall–Kier alpha value is -1.45. The molecule has 0 fully saturated rings. The number of hydrogen-bond acceptors (Lipinski definition) is 3. The molecule has 1 N–H and O–H groups in total. The predicted molar refractivity (Wildman–Crippen MR) is 52.3 cm³/mol. The van der Waals surface area contributed by atoms with E-state index in [0.717, 1.165) is 12.1 Å². The first kappa shape index (κ1) is 10.6. The van der Waals surface area contributed by atoms with Gasteiger partial charge in [0.05, 0.1) is 17.6 Å². The van der Waals surface area contributed by atoms with Crippen molar-refractivity contribution in [3.05, 3.63) is 23.3 Å². The summed E-state index contributed by atoms with van der Waals surface area (Å²) < 4.78 is 0. The molecule has 0 atom stereocenters. The number of hydrogen-bond donors (Lipinski definition) is 1. The van der Waals surface area contributed by atoms with Crippen LogP contribution in [0.4, 0.5) is 0 Å². The Morgan fingerprint density at radius 3 is 2.64 bits per heavy atom. The van der Waals surface area contributed by atoms with Crippen LogP contribution in [0.25, 0.3) is 0 Å². The largest absolute Gasteiger partial charge is 0.476 e. The van der Waals surface area contributed by atoms with E-state index in [0.29, 0.717) is 11.6 Å². The molecular weight excluding hydrogens is 180 g/mol. The molecule has 4 heteroatoms. The zero-order valence-corrected chi connectivity index (χ0v) is 8.61. The summed E-state index contributed by atoms with van der Waals surface area (Å²) in [4.78, 5) is 18.6. The highest BCUT2D eigenvalue weighted by Crippen LogP contribution is 2.09. The fourth-order valence-electron chi connectivity index (χ4n) is 1.20. The van der Waals surface area contributed by atoms with Crippen LogP contribution in [0.15, 0.2) is 6.20 Å². The van der Waals surface area contributed by atoms with E-state index in [1.165, 1.54) is 6.20 Å². The fourth-order valence-corrected chi connectivity index (χ4v) is 1.20. The maximum atomic E-state index is 10.6. The van der Waals surface area contributed by atoms with Gasteiger partial charge in [-0.1, -0.05) is 13.8 Å². The smallest absolute Gasteiger partial charge is 0.356 e. The minimum absolute atomic E-state index is 0.00926. The molecule has 4 nitrogen and oxygen atoms in total. The van der Waals surface area contributed by atoms with Crippen molar-refractivity contribution in [2.75, 3.05) is 0 Å². The van der Waals surface area contributed by atoms with Crippen molar-refractivity contribution in [2.45, 2.75) is 27.2 Å². The number of aromatic carboxylic acids is 1. The van der Waals surface area contributed by atoms with Gasteiger partial charge in [0.25, 0.3) is 0 Å². The molecule has 76 valence electrons. The third kappa shape index (κ3) is 2.52. The Bertz CT molecular complexity index is 348. The van der Waals surface area contributed by atoms with Crippen LogP contribution in [0.5, 0.6) is 0 Å². The minimum Gasteiger partial charge on any atom is -0.476 e. The summed E-state index contributed by atoms with van der Waals surface area (Å²) in [5.41, 5.74) is 1.60. The number of carboxylic acids is 1. The van der Waals surface area contributed by atoms with Gasteiger partial charge in [-0.25, -0.2) is 9.78 Å². The third-order valence-corrected chi connectivity index (χ3v) is 1.87. The monoisotopic (exact) mass is 194 g/mol. The van der Waals surface area contributed by atoms with Crippen LogP contribution in [0.3, 0.4) is 0 Å². The van der Waals surface area contributed by atoms with Gasteiger partial charge in [0, 0.05) is 0 Å². The van der Waals surface area contributed by atoms with Crippen LogP contribution in [0.1, 0.15) is 35.7 Å². The van der Waals surface area contributed by atoms with Crippen LogP contribution in [-0.2, 0) is 6.42 Å². The lowest BCUT2D eigenvalue weighted by atomic mass is 10.1. The van der Waals surface area contributed by atoms with E-state index in [1.807, 2.05) is 0 Å². The molecule has 0 aliphatic carbocycles. The van der Waals surface area contributed by atoms with Gasteiger partial charge < -0.3 is 5.11 Å². The highest BCUT2D eigenvalue weighted by molar-refractivity contribution is 5.84. The maximum Gasteiger partial charge on any atom is 0.356 e. The second-order valence-electron chi connectivity index (χ2n) is 3.69. The summed E-state index contributed by atoms with van der Waals surface area (Å²) in [5.74, 6) is -0.532. The van der Waals surface area contributed by atoms with Crippen molar-refractivity contribution in [3.63, 3.8) is 0 Å². The molecule has 1 aromatic heterocycles. The lowest BCUT2D eigenvalue weighted by molar-refractivity contribution is 0.0689. The molecule has 1 aromatic rings. The van der Waals surface area contributed by atoms with Crippen LogP contribution >= 0.6 is 0 Å². The molecule has 14 heavy (non-hydrogen) atoms. The third-order valence-electron chi connectivity index (χ3n) is 1.87. The highest BCUT2D eigenvalue weighted by atomic mass is 16.4. The number of rotatable bonds is 3. The average molecular weight is 194 g/mol. The average Bonchev–Trinajstić information content (AvgIpc) is 2.07. The van der Waals surface area contributed by atoms with E-state index in [1.54, 1.807) is 6.92 Å². The molecule has 0 saturated carbocycles. The van der Waals surface area contributed by atoms with E-state index in [4.69, 9.17) is 5.11 Å². The first-order valence-corrected chi connectivity index (χ1v) is 4.56. The number of aryl methyl sites for hydroxylation is 1. The van der Waals surface area contributed by atoms with Crippen LogP contribution in [0.2, 0.25) is 0 Å². The minimum atomic E-state index is -1.03. The Morgan fingerprint density at radius 2 is 2.21 bits per heavy atom. The van der Waals surface area contributed by atoms with Crippen LogP contribution in [-0.4, -0.2) is 21.0 Å². The SMILES string of the molecule is Cc1nc(C(=O)O)cnc1CC(C)C. The van der Waals surface area contributed by atoms with E-state index in [2.05, 4.69) is 23.8 Å². The molecule has 0 spiro atoms. The van der Waals surface area contributed by atoms with Gasteiger partial charge in [0.1, 0.15) is 0 Å². The van der Waals surface area contributed by atoms with Crippen molar-refractivity contribution in [1.29, 1.82) is 0 Å². The summed E-state index contributed by atoms with van der Waals surface area (Å²) >= 11 is 0. The van der Waals surface area contributed by atoms with Crippen LogP contribution < -0.4 is 0 Å². The quantitative estimate of drug-likeness (QED) is 0.795. The van der Waals surface area contributed by atoms with E-state index in [9.17, 15) is 4.79 Å². The molecule has 0 aliphatic rings. The molecule has 0 radical (unpaired) electrons. The van der Waals surface area contributed by atoms with Crippen molar-refractivity contribution < 1.29 is 9.90 Å². The Kier molecular flexibility index (Phi) is 3.17. The van der Waals surface area contributed by atoms with E-state index < -0.39 is 5.97 Å². The Balaban J connectivity index is 2.95. The van der Waals surface area contributed by atoms with Gasteiger partial charge in [-0.05, 0) is 19.3 Å². The molecule has 1 rings (SSSR count). The zero-order valence-electron chi connectivity index (χ0n) is 8.61. The summed E-state index contributed by atoms with van der Waals surface area (Å²) in [6.07, 6.45) is 2.14. The summed E-state index contributed by atoms with van der Waals surface area (Å²) in [6.45, 7) is 5.97. The van der Waals surface area contributed by atoms with Gasteiger partial charge in [0.15, 0.2) is 5.69 Å². The summed E-state index contributed by atoms with van der Waals surface area (Å²) in [5, 5.41) is 8.68. The topological polar surface area (TPSA) is 63.1 Å². The van der Waals surface area contributed by atoms with Gasteiger partial charge in [0.2, 0.25) is 0 Å². The van der Waals surface area contributed by atoms with Crippen molar-refractivity contribution in [1.82, 2.24) is 9.97 Å². The molecule has 0 bridgehead atoms. The highest BCUT2D eigenvalue weighted by Gasteiger charge is 2.09. The first-order chi connectivity index (χ1) is 6.50. The van der Waals surface area contributed by atoms with Gasteiger partial charge in [-0.15, -0.1) is 0 Å². The summed E-state index contributed by atoms with van der Waals surface area (Å²) in [6, 6.07) is 0. The predicted octanol–water partition coefficient (Wildman–Crippen LogP) is 1.68. The Morgan fingerprint density at radius 1 is 1.57 bits per heavy atom. The molecule has 0 aromatic carbocycles. The molecule has 0 aliphatic heterocycles. The van der Waals surface area contributed by atoms with Crippen molar-refractivity contribution in [2.24, 2.45) is 5.92 Å². The van der Waals surface area contributed by atoms with Gasteiger partial charge in [-0.3, -0.25) is 4.98 Å². The second-order valence-corrected chi connectivity index (χ2v) is 3.69. The molecule has 0 saturated heterocycles. The van der Waals surface area contributed by atoms with Gasteiger partial charge in [-0.2, -0.15) is 0 Å². The maximum absolute atomic E-state index is 10.6. The molecule has 1 heterocycles. The zero-order chi connectivity index (χ0) is 10.7. The van der Waals surface area contributed by atoms with E-state index >= 15 is 0 Å². The molecular formula is C10H14N2O2. The normalized spacial score (nSPS) is 10.6. The number of nitrogens with zero attached hydrogens (tertiary/aromatic N) is 2. The number of aromatic nitrogens is 2. The Labute approximate surface area is 83.0 Å². The van der Waals surface area contributed by atoms with Crippen molar-refractivity contribution >= 4 is 5.97 Å². The second kappa shape index (κ2) is 4.17. The number of carboxylic acid groups (broad SMARTS) is 1. The van der Waals surface area contributed by atoms with E-state index in [-0.39, 0.29) is 5.69 Å². The fraction of sp³-hybridized carbons (Fsp3) is 0.500. The van der Waals surface area contributed by atoms with Crippen molar-refractivity contribution in [3.8, 4) is 0 Å². The standard InChI is InChI=1S/C10H14N2O2/c1-6(2)4-8-7(3)12-9(5-11-8)10(13)14/h5-6H,4H2,1-3H3,(H,13,14). The lowest BCUT2D eigenvalue weighted by Gasteiger charge is -2.06. The van der Waals surface area contributed by atoms with Crippen LogP contribution in [0, 0.1) is 12.8 Å². The number of carbonyl (C=O) groups is 1. The molecule has 0 amide bonds. The first-order valence-electron chi connectivity index (χ1n) is 4.56. The summed E-state index contributed by atoms with van der Waals surface area (Å²) in [7, 11) is 0. The lowest BCUT2D eigenvalue weighted by Crippen LogP contribution is -2.07. The van der Waals surface area contributed by atoms with Gasteiger partial charge >= 0.3 is 5.97 Å². The molecule has 0 unspecified atom stereocenters.